The summed E-state index contributed by atoms with van der Waals surface area (Å²) in [4.78, 5) is 23.2. The highest BCUT2D eigenvalue weighted by molar-refractivity contribution is 7.47. The maximum absolute atomic E-state index is 12.9. The van der Waals surface area contributed by atoms with Crippen LogP contribution in [0, 0.1) is 0 Å². The molecule has 0 rings (SSSR count). The van der Waals surface area contributed by atoms with Crippen molar-refractivity contribution in [1.29, 1.82) is 0 Å². The molecule has 408 valence electrons. The van der Waals surface area contributed by atoms with Crippen LogP contribution < -0.4 is 5.32 Å². The number of amides is 1. The second-order valence-electron chi connectivity index (χ2n) is 22.4. The molecule has 68 heavy (non-hydrogen) atoms. The van der Waals surface area contributed by atoms with Crippen LogP contribution in [-0.4, -0.2) is 73.4 Å². The number of nitrogens with zero attached hydrogens (tertiary/aromatic N) is 1. The van der Waals surface area contributed by atoms with Crippen molar-refractivity contribution in [3.63, 3.8) is 0 Å². The summed E-state index contributed by atoms with van der Waals surface area (Å²) < 4.78 is 23.6. The monoisotopic (exact) mass is 986 g/mol. The van der Waals surface area contributed by atoms with Gasteiger partial charge in [-0.05, 0) is 12.8 Å². The number of phosphoric ester groups is 1. The van der Waals surface area contributed by atoms with E-state index in [0.29, 0.717) is 23.9 Å². The number of hydrogen-bond acceptors (Lipinski definition) is 5. The van der Waals surface area contributed by atoms with Gasteiger partial charge in [-0.3, -0.25) is 13.8 Å². The average Bonchev–Trinajstić information content (AvgIpc) is 3.30. The number of phosphoric acid groups is 1. The van der Waals surface area contributed by atoms with Crippen LogP contribution in [0.25, 0.3) is 0 Å². The van der Waals surface area contributed by atoms with Crippen LogP contribution in [0.3, 0.4) is 0 Å². The van der Waals surface area contributed by atoms with Gasteiger partial charge < -0.3 is 19.8 Å². The van der Waals surface area contributed by atoms with Crippen LogP contribution in [0.4, 0.5) is 0 Å². The molecule has 1 amide bonds. The first kappa shape index (κ1) is 67.5. The number of carbonyl (C=O) groups excluding carboxylic acids is 1. The molecule has 0 aromatic rings. The number of carbonyl (C=O) groups is 1. The van der Waals surface area contributed by atoms with Gasteiger partial charge in [0, 0.05) is 6.42 Å². The molecule has 0 aromatic carbocycles. The maximum atomic E-state index is 12.9. The van der Waals surface area contributed by atoms with E-state index in [4.69, 9.17) is 9.05 Å². The largest absolute Gasteiger partial charge is 0.472 e. The number of rotatable bonds is 57. The number of aliphatic hydroxyl groups is 1. The zero-order valence-electron chi connectivity index (χ0n) is 46.6. The first-order chi connectivity index (χ1) is 33.0. The zero-order chi connectivity index (χ0) is 49.9. The van der Waals surface area contributed by atoms with Crippen molar-refractivity contribution in [2.75, 3.05) is 40.9 Å². The minimum atomic E-state index is -4.31. The van der Waals surface area contributed by atoms with Gasteiger partial charge >= 0.3 is 7.82 Å². The maximum Gasteiger partial charge on any atom is 0.472 e. The minimum absolute atomic E-state index is 0.0783. The zero-order valence-corrected chi connectivity index (χ0v) is 47.5. The van der Waals surface area contributed by atoms with Crippen molar-refractivity contribution in [2.45, 2.75) is 334 Å². The molecule has 0 radical (unpaired) electrons. The Morgan fingerprint density at radius 3 is 0.985 bits per heavy atom. The van der Waals surface area contributed by atoms with E-state index in [1.165, 1.54) is 257 Å². The molecular weight excluding hydrogens is 864 g/mol. The fourth-order valence-electron chi connectivity index (χ4n) is 9.58. The molecule has 0 aliphatic heterocycles. The summed E-state index contributed by atoms with van der Waals surface area (Å²) in [5, 5.41) is 13.9. The van der Waals surface area contributed by atoms with Crippen molar-refractivity contribution in [3.05, 3.63) is 0 Å². The minimum Gasteiger partial charge on any atom is -0.391 e. The van der Waals surface area contributed by atoms with Crippen LogP contribution in [0.5, 0.6) is 0 Å². The van der Waals surface area contributed by atoms with E-state index in [0.717, 1.165) is 38.5 Å². The molecular formula is C59H122N2O6P+. The summed E-state index contributed by atoms with van der Waals surface area (Å²) in [6.45, 7) is 4.89. The highest BCUT2D eigenvalue weighted by Crippen LogP contribution is 2.43. The van der Waals surface area contributed by atoms with Gasteiger partial charge in [-0.1, -0.05) is 303 Å². The van der Waals surface area contributed by atoms with Crippen LogP contribution in [0.15, 0.2) is 0 Å². The Balaban J connectivity index is 3.71. The van der Waals surface area contributed by atoms with Gasteiger partial charge in [0.05, 0.1) is 39.9 Å². The number of aliphatic hydroxyl groups excluding tert-OH is 1. The van der Waals surface area contributed by atoms with E-state index < -0.39 is 20.0 Å². The summed E-state index contributed by atoms with van der Waals surface area (Å²) in [6.07, 6.45) is 62.3. The average molecular weight is 987 g/mol. The lowest BCUT2D eigenvalue weighted by Gasteiger charge is -2.26. The van der Waals surface area contributed by atoms with Gasteiger partial charge in [0.2, 0.25) is 5.91 Å². The molecule has 0 aliphatic carbocycles. The Morgan fingerprint density at radius 2 is 0.706 bits per heavy atom. The number of unbranched alkanes of at least 4 members (excludes halogenated alkanes) is 44. The molecule has 8 nitrogen and oxygen atoms in total. The molecule has 0 aromatic heterocycles. The highest BCUT2D eigenvalue weighted by atomic mass is 31.2. The molecule has 0 bridgehead atoms. The summed E-state index contributed by atoms with van der Waals surface area (Å²) in [6, 6.07) is -0.753. The number of nitrogens with one attached hydrogen (secondary N) is 1. The van der Waals surface area contributed by atoms with Gasteiger partial charge in [-0.2, -0.15) is 0 Å². The van der Waals surface area contributed by atoms with Gasteiger partial charge in [-0.25, -0.2) is 4.57 Å². The molecule has 3 unspecified atom stereocenters. The SMILES string of the molecule is CCCCCCCCCCCCCCCCCCCCCCCCCCCCCCCCCCCCCCCCC(=O)NC(COP(=O)(O)OCC[N+](C)(C)C)C(O)CCCCCCCCCC. The van der Waals surface area contributed by atoms with Crippen molar-refractivity contribution in [2.24, 2.45) is 0 Å². The first-order valence-corrected chi connectivity index (χ1v) is 31.9. The van der Waals surface area contributed by atoms with E-state index >= 15 is 0 Å². The summed E-state index contributed by atoms with van der Waals surface area (Å²) >= 11 is 0. The first-order valence-electron chi connectivity index (χ1n) is 30.4. The third kappa shape index (κ3) is 53.3. The summed E-state index contributed by atoms with van der Waals surface area (Å²) in [7, 11) is 1.63. The van der Waals surface area contributed by atoms with Crippen LogP contribution in [0.1, 0.15) is 322 Å². The number of likely N-dealkylation sites (N-methyl/N-ethyl adjacent to an activating group) is 1. The van der Waals surface area contributed by atoms with E-state index in [9.17, 15) is 19.4 Å². The van der Waals surface area contributed by atoms with Gasteiger partial charge in [0.25, 0.3) is 0 Å². The van der Waals surface area contributed by atoms with Crippen molar-refractivity contribution in [3.8, 4) is 0 Å². The van der Waals surface area contributed by atoms with Crippen LogP contribution in [-0.2, 0) is 18.4 Å². The summed E-state index contributed by atoms with van der Waals surface area (Å²) in [5.41, 5.74) is 0. The molecule has 0 spiro atoms. The topological polar surface area (TPSA) is 105 Å². The lowest BCUT2D eigenvalue weighted by atomic mass is 10.0. The quantitative estimate of drug-likeness (QED) is 0.0319. The molecule has 0 heterocycles. The fourth-order valence-corrected chi connectivity index (χ4v) is 10.3. The third-order valence-electron chi connectivity index (χ3n) is 14.4. The molecule has 9 heteroatoms. The molecule has 0 saturated heterocycles. The molecule has 0 fully saturated rings. The van der Waals surface area contributed by atoms with Crippen molar-refractivity contribution < 1.29 is 32.9 Å². The predicted molar refractivity (Wildman–Crippen MR) is 296 cm³/mol. The Morgan fingerprint density at radius 1 is 0.441 bits per heavy atom. The van der Waals surface area contributed by atoms with Gasteiger partial charge in [0.1, 0.15) is 13.2 Å². The highest BCUT2D eigenvalue weighted by Gasteiger charge is 2.28. The Bertz CT molecular complexity index is 1070. The van der Waals surface area contributed by atoms with E-state index in [1.807, 2.05) is 21.1 Å². The van der Waals surface area contributed by atoms with E-state index in [1.54, 1.807) is 0 Å². The third-order valence-corrected chi connectivity index (χ3v) is 15.3. The molecule has 3 N–H and O–H groups in total. The summed E-state index contributed by atoms with van der Waals surface area (Å²) in [5.74, 6) is -0.140. The molecule has 3 atom stereocenters. The van der Waals surface area contributed by atoms with Crippen molar-refractivity contribution >= 4 is 13.7 Å². The van der Waals surface area contributed by atoms with E-state index in [-0.39, 0.29) is 19.1 Å². The molecule has 0 aliphatic rings. The Hall–Kier alpha value is -0.500. The van der Waals surface area contributed by atoms with Gasteiger partial charge in [0.15, 0.2) is 0 Å². The van der Waals surface area contributed by atoms with Crippen molar-refractivity contribution in [1.82, 2.24) is 5.32 Å². The number of quaternary nitrogens is 1. The predicted octanol–water partition coefficient (Wildman–Crippen LogP) is 18.4. The second-order valence-corrected chi connectivity index (χ2v) is 23.9. The lowest BCUT2D eigenvalue weighted by Crippen LogP contribution is -2.46. The smallest absolute Gasteiger partial charge is 0.391 e. The Labute approximate surface area is 425 Å². The van der Waals surface area contributed by atoms with Crippen LogP contribution >= 0.6 is 7.82 Å². The van der Waals surface area contributed by atoms with Crippen LogP contribution in [0.2, 0.25) is 0 Å². The lowest BCUT2D eigenvalue weighted by molar-refractivity contribution is -0.870. The second kappa shape index (κ2) is 51.4. The van der Waals surface area contributed by atoms with Gasteiger partial charge in [-0.15, -0.1) is 0 Å². The van der Waals surface area contributed by atoms with E-state index in [2.05, 4.69) is 19.2 Å². The number of hydrogen-bond donors (Lipinski definition) is 3. The standard InChI is InChI=1S/C59H121N2O6P/c1-6-8-10-12-14-16-17-18-19-20-21-22-23-24-25-26-27-28-29-30-31-32-33-34-35-36-37-38-39-40-41-42-43-44-45-47-49-51-53-59(63)60-57(56-67-68(64,65)66-55-54-61(3,4)5)58(62)52-50-48-46-15-13-11-9-7-2/h57-58,62H,6-56H2,1-5H3,(H-,60,63,64,65)/p+1. The Kier molecular flexibility index (Phi) is 51.0. The normalized spacial score (nSPS) is 13.8. The molecule has 0 saturated carbocycles. The fraction of sp³-hybridized carbons (Fsp3) is 0.983.